The lowest BCUT2D eigenvalue weighted by atomic mass is 10.1. The van der Waals surface area contributed by atoms with Crippen LogP contribution in [0.5, 0.6) is 0 Å². The Morgan fingerprint density at radius 3 is 2.24 bits per heavy atom. The molecule has 2 aromatic rings. The maximum Gasteiger partial charge on any atom is 0.408 e. The van der Waals surface area contributed by atoms with E-state index in [2.05, 4.69) is 5.32 Å². The standard InChI is InChI=1S/C21H25FN2O4S/c1-20(2,3)28-19(25)24-21(13-23)17(14-9-11-15(22)12-10-14)18(21)29(26,27)16-7-5-4-6-8-16/h4-12,17-18H,13,23H2,1-3H3,(H,24,25)/t17-,18+,21+/m0/s1. The number of carbonyl (C=O) groups is 1. The number of sulfone groups is 1. The molecule has 1 amide bonds. The molecule has 2 aromatic carbocycles. The Labute approximate surface area is 170 Å². The van der Waals surface area contributed by atoms with Gasteiger partial charge in [-0.05, 0) is 50.6 Å². The summed E-state index contributed by atoms with van der Waals surface area (Å²) in [7, 11) is -3.83. The van der Waals surface area contributed by atoms with Crippen molar-refractivity contribution in [1.82, 2.24) is 5.32 Å². The zero-order chi connectivity index (χ0) is 21.4. The molecule has 0 unspecified atom stereocenters. The van der Waals surface area contributed by atoms with Gasteiger partial charge < -0.3 is 15.8 Å². The number of nitrogens with two attached hydrogens (primary N) is 1. The fraction of sp³-hybridized carbons (Fsp3) is 0.381. The van der Waals surface area contributed by atoms with Crippen molar-refractivity contribution in [2.24, 2.45) is 5.73 Å². The third-order valence-corrected chi connectivity index (χ3v) is 7.25. The number of nitrogens with one attached hydrogen (secondary N) is 1. The molecule has 0 saturated heterocycles. The summed E-state index contributed by atoms with van der Waals surface area (Å²) in [4.78, 5) is 12.6. The molecule has 1 aliphatic rings. The first-order valence-electron chi connectivity index (χ1n) is 9.27. The Morgan fingerprint density at radius 1 is 1.14 bits per heavy atom. The second-order valence-electron chi connectivity index (χ2n) is 8.18. The first-order chi connectivity index (χ1) is 13.5. The monoisotopic (exact) mass is 420 g/mol. The van der Waals surface area contributed by atoms with E-state index in [0.717, 1.165) is 0 Å². The quantitative estimate of drug-likeness (QED) is 0.775. The van der Waals surface area contributed by atoms with Gasteiger partial charge in [-0.25, -0.2) is 17.6 Å². The summed E-state index contributed by atoms with van der Waals surface area (Å²) >= 11 is 0. The predicted octanol–water partition coefficient (Wildman–Crippen LogP) is 2.99. The number of rotatable bonds is 5. The minimum absolute atomic E-state index is 0.120. The highest BCUT2D eigenvalue weighted by atomic mass is 32.2. The van der Waals surface area contributed by atoms with Crippen molar-refractivity contribution in [1.29, 1.82) is 0 Å². The maximum absolute atomic E-state index is 13.4. The zero-order valence-electron chi connectivity index (χ0n) is 16.6. The van der Waals surface area contributed by atoms with Crippen LogP contribution in [-0.4, -0.2) is 37.4 Å². The van der Waals surface area contributed by atoms with Crippen molar-refractivity contribution >= 4 is 15.9 Å². The molecule has 1 aliphatic carbocycles. The lowest BCUT2D eigenvalue weighted by Gasteiger charge is -2.24. The van der Waals surface area contributed by atoms with Crippen LogP contribution < -0.4 is 11.1 Å². The summed E-state index contributed by atoms with van der Waals surface area (Å²) in [6.45, 7) is 5.02. The van der Waals surface area contributed by atoms with Crippen LogP contribution in [0.15, 0.2) is 59.5 Å². The maximum atomic E-state index is 13.4. The predicted molar refractivity (Wildman–Crippen MR) is 108 cm³/mol. The first-order valence-corrected chi connectivity index (χ1v) is 10.8. The molecular weight excluding hydrogens is 395 g/mol. The molecule has 6 nitrogen and oxygen atoms in total. The van der Waals surface area contributed by atoms with Gasteiger partial charge in [-0.2, -0.15) is 0 Å². The van der Waals surface area contributed by atoms with E-state index >= 15 is 0 Å². The number of carbonyl (C=O) groups excluding carboxylic acids is 1. The van der Waals surface area contributed by atoms with Gasteiger partial charge in [0.05, 0.1) is 10.4 Å². The fourth-order valence-electron chi connectivity index (χ4n) is 3.70. The number of hydrogen-bond donors (Lipinski definition) is 2. The Morgan fingerprint density at radius 2 is 1.72 bits per heavy atom. The van der Waals surface area contributed by atoms with Crippen molar-refractivity contribution < 1.29 is 22.3 Å². The lowest BCUT2D eigenvalue weighted by molar-refractivity contribution is 0.0497. The second kappa shape index (κ2) is 7.42. The van der Waals surface area contributed by atoms with Crippen LogP contribution >= 0.6 is 0 Å². The summed E-state index contributed by atoms with van der Waals surface area (Å²) in [6.07, 6.45) is -0.749. The third kappa shape index (κ3) is 4.13. The van der Waals surface area contributed by atoms with Gasteiger partial charge in [-0.1, -0.05) is 30.3 Å². The van der Waals surface area contributed by atoms with Crippen LogP contribution in [0.4, 0.5) is 9.18 Å². The minimum Gasteiger partial charge on any atom is -0.444 e. The molecule has 0 aliphatic heterocycles. The summed E-state index contributed by atoms with van der Waals surface area (Å²) in [5, 5.41) is 1.70. The van der Waals surface area contributed by atoms with Crippen LogP contribution in [0.25, 0.3) is 0 Å². The van der Waals surface area contributed by atoms with Crippen molar-refractivity contribution in [3.05, 3.63) is 66.0 Å². The Kier molecular flexibility index (Phi) is 5.44. The van der Waals surface area contributed by atoms with Crippen molar-refractivity contribution in [3.63, 3.8) is 0 Å². The van der Waals surface area contributed by atoms with Crippen molar-refractivity contribution in [2.45, 2.75) is 48.0 Å². The first kappa shape index (κ1) is 21.3. The summed E-state index contributed by atoms with van der Waals surface area (Å²) < 4.78 is 45.5. The smallest absolute Gasteiger partial charge is 0.408 e. The van der Waals surface area contributed by atoms with E-state index < -0.39 is 44.1 Å². The van der Waals surface area contributed by atoms with Gasteiger partial charge in [0, 0.05) is 12.5 Å². The Hall–Kier alpha value is -2.45. The average Bonchev–Trinajstić information content (AvgIpc) is 3.31. The highest BCUT2D eigenvalue weighted by molar-refractivity contribution is 7.92. The van der Waals surface area contributed by atoms with Crippen LogP contribution in [0.2, 0.25) is 0 Å². The van der Waals surface area contributed by atoms with Crippen LogP contribution in [0, 0.1) is 5.82 Å². The summed E-state index contributed by atoms with van der Waals surface area (Å²) in [5.74, 6) is -1.07. The Balaban J connectivity index is 2.03. The van der Waals surface area contributed by atoms with E-state index in [9.17, 15) is 17.6 Å². The topological polar surface area (TPSA) is 98.5 Å². The highest BCUT2D eigenvalue weighted by Crippen LogP contribution is 2.56. The van der Waals surface area contributed by atoms with Gasteiger partial charge in [0.15, 0.2) is 9.84 Å². The Bertz CT molecular complexity index is 988. The van der Waals surface area contributed by atoms with E-state index in [0.29, 0.717) is 5.56 Å². The number of halogens is 1. The molecule has 3 N–H and O–H groups in total. The van der Waals surface area contributed by atoms with Gasteiger partial charge in [0.2, 0.25) is 0 Å². The molecule has 0 heterocycles. The molecule has 0 aromatic heterocycles. The molecule has 3 rings (SSSR count). The largest absolute Gasteiger partial charge is 0.444 e. The van der Waals surface area contributed by atoms with Crippen molar-refractivity contribution in [3.8, 4) is 0 Å². The van der Waals surface area contributed by atoms with E-state index in [1.165, 1.54) is 36.4 Å². The molecule has 0 bridgehead atoms. The van der Waals surface area contributed by atoms with Gasteiger partial charge in [-0.15, -0.1) is 0 Å². The van der Waals surface area contributed by atoms with Gasteiger partial charge in [0.1, 0.15) is 16.7 Å². The number of alkyl carbamates (subject to hydrolysis) is 1. The van der Waals surface area contributed by atoms with Crippen LogP contribution in [0.1, 0.15) is 32.3 Å². The summed E-state index contributed by atoms with van der Waals surface area (Å²) in [6, 6.07) is 13.5. The van der Waals surface area contributed by atoms with Crippen molar-refractivity contribution in [2.75, 3.05) is 6.54 Å². The minimum atomic E-state index is -3.83. The lowest BCUT2D eigenvalue weighted by Crippen LogP contribution is -2.49. The molecular formula is C21H25FN2O4S. The van der Waals surface area contributed by atoms with Crippen LogP contribution in [0.3, 0.4) is 0 Å². The summed E-state index contributed by atoms with van der Waals surface area (Å²) in [5.41, 5.74) is 4.56. The van der Waals surface area contributed by atoms with Gasteiger partial charge in [0.25, 0.3) is 0 Å². The van der Waals surface area contributed by atoms with Gasteiger partial charge in [-0.3, -0.25) is 0 Å². The molecule has 0 spiro atoms. The van der Waals surface area contributed by atoms with E-state index in [1.54, 1.807) is 39.0 Å². The molecule has 8 heteroatoms. The average molecular weight is 421 g/mol. The molecule has 3 atom stereocenters. The van der Waals surface area contributed by atoms with E-state index in [4.69, 9.17) is 10.5 Å². The molecule has 1 fully saturated rings. The third-order valence-electron chi connectivity index (χ3n) is 4.96. The second-order valence-corrected chi connectivity index (χ2v) is 10.2. The van der Waals surface area contributed by atoms with Gasteiger partial charge >= 0.3 is 6.09 Å². The molecule has 0 radical (unpaired) electrons. The molecule has 1 saturated carbocycles. The fourth-order valence-corrected chi connectivity index (χ4v) is 6.06. The molecule has 29 heavy (non-hydrogen) atoms. The highest BCUT2D eigenvalue weighted by Gasteiger charge is 2.71. The number of amides is 1. The number of ether oxygens (including phenoxy) is 1. The molecule has 156 valence electrons. The van der Waals surface area contributed by atoms with E-state index in [-0.39, 0.29) is 11.4 Å². The number of hydrogen-bond acceptors (Lipinski definition) is 5. The van der Waals surface area contributed by atoms with E-state index in [1.807, 2.05) is 0 Å². The van der Waals surface area contributed by atoms with Crippen LogP contribution in [-0.2, 0) is 14.6 Å². The zero-order valence-corrected chi connectivity index (χ0v) is 17.4. The normalized spacial score (nSPS) is 24.0. The number of benzene rings is 2. The SMILES string of the molecule is CC(C)(C)OC(=O)N[C@@]1(CN)[C@H](S(=O)(=O)c2ccccc2)[C@@H]1c1ccc(F)cc1.